The Hall–Kier alpha value is -3.76. The van der Waals surface area contributed by atoms with Crippen LogP contribution < -0.4 is 10.1 Å². The predicted octanol–water partition coefficient (Wildman–Crippen LogP) is 4.86. The number of halogens is 3. The highest BCUT2D eigenvalue weighted by Crippen LogP contribution is 2.35. The van der Waals surface area contributed by atoms with E-state index in [1.807, 2.05) is 0 Å². The van der Waals surface area contributed by atoms with E-state index in [0.29, 0.717) is 5.56 Å². The first kappa shape index (κ1) is 23.9. The lowest BCUT2D eigenvalue weighted by molar-refractivity contribution is -0.166. The Kier molecular flexibility index (Phi) is 6.26. The minimum atomic E-state index is -4.15. The van der Waals surface area contributed by atoms with Gasteiger partial charge in [0.25, 0.3) is 0 Å². The van der Waals surface area contributed by atoms with Gasteiger partial charge in [-0.3, -0.25) is 10.2 Å². The van der Waals surface area contributed by atoms with Gasteiger partial charge < -0.3 is 14.6 Å². The number of hydrogen-bond acceptors (Lipinski definition) is 5. The normalized spacial score (nSPS) is 13.8. The van der Waals surface area contributed by atoms with Crippen molar-refractivity contribution < 1.29 is 42.1 Å². The Bertz CT molecular complexity index is 1110. The van der Waals surface area contributed by atoms with E-state index in [4.69, 9.17) is 14.6 Å². The molecular weight excluding hydrogens is 445 g/mol. The highest BCUT2D eigenvalue weighted by atomic mass is 19.3. The average molecular weight is 466 g/mol. The van der Waals surface area contributed by atoms with Gasteiger partial charge in [0.05, 0.1) is 18.8 Å². The number of carbonyl (C=O) groups excluding carboxylic acids is 2. The van der Waals surface area contributed by atoms with Gasteiger partial charge in [-0.05, 0) is 32.9 Å². The Morgan fingerprint density at radius 1 is 1.21 bits per heavy atom. The largest absolute Gasteiger partial charge is 0.477 e. The zero-order valence-corrected chi connectivity index (χ0v) is 17.9. The lowest BCUT2D eigenvalue weighted by atomic mass is 10.0. The summed E-state index contributed by atoms with van der Waals surface area (Å²) in [5, 5.41) is 11.0. The molecule has 11 heteroatoms. The maximum Gasteiger partial charge on any atom is 0.415 e. The van der Waals surface area contributed by atoms with Crippen molar-refractivity contribution >= 4 is 23.8 Å². The number of carboxylic acids is 1. The van der Waals surface area contributed by atoms with E-state index in [2.05, 4.69) is 5.32 Å². The molecule has 2 amide bonds. The van der Waals surface area contributed by atoms with E-state index in [9.17, 15) is 27.6 Å². The Balaban J connectivity index is 1.77. The summed E-state index contributed by atoms with van der Waals surface area (Å²) >= 11 is 0. The molecule has 1 aliphatic rings. The molecule has 3 rings (SSSR count). The van der Waals surface area contributed by atoms with Gasteiger partial charge in [0.15, 0.2) is 5.82 Å². The van der Waals surface area contributed by atoms with Crippen LogP contribution in [0.5, 0.6) is 5.75 Å². The summed E-state index contributed by atoms with van der Waals surface area (Å²) in [7, 11) is 0. The van der Waals surface area contributed by atoms with Gasteiger partial charge in [0.1, 0.15) is 11.4 Å². The van der Waals surface area contributed by atoms with Crippen molar-refractivity contribution in [3.63, 3.8) is 0 Å². The average Bonchev–Trinajstić information content (AvgIpc) is 2.69. The number of carboxylic acid groups (broad SMARTS) is 1. The van der Waals surface area contributed by atoms with E-state index in [1.54, 1.807) is 20.8 Å². The van der Waals surface area contributed by atoms with Crippen LogP contribution in [0.3, 0.4) is 0 Å². The van der Waals surface area contributed by atoms with Crippen molar-refractivity contribution in [2.45, 2.75) is 45.4 Å². The first-order chi connectivity index (χ1) is 15.3. The Morgan fingerprint density at radius 3 is 2.55 bits per heavy atom. The second kappa shape index (κ2) is 8.64. The lowest BCUT2D eigenvalue weighted by Gasteiger charge is -2.29. The molecule has 33 heavy (non-hydrogen) atoms. The molecule has 0 aliphatic carbocycles. The number of ether oxygens (including phenoxy) is 2. The van der Waals surface area contributed by atoms with Gasteiger partial charge in [-0.15, -0.1) is 0 Å². The van der Waals surface area contributed by atoms with Crippen LogP contribution in [0.1, 0.15) is 37.5 Å². The standard InChI is InChI=1S/C22H21F3N2O6/c1-21(2,3)33-19(30)26-15-6-4-5-13(17(15)23)11-27-10-12-7-8-14(22(24,25)18(28)29)9-16(12)32-20(27)31/h4-9H,10-11H2,1-3H3,(H,26,30)(H,28,29). The van der Waals surface area contributed by atoms with E-state index in [-0.39, 0.29) is 30.1 Å². The SMILES string of the molecule is CC(C)(C)OC(=O)Nc1cccc(CN2Cc3ccc(C(F)(F)C(=O)O)cc3OC2=O)c1F. The summed E-state index contributed by atoms with van der Waals surface area (Å²) in [6, 6.07) is 7.17. The molecule has 0 saturated heterocycles. The number of anilines is 1. The monoisotopic (exact) mass is 466 g/mol. The molecule has 8 nitrogen and oxygen atoms in total. The van der Waals surface area contributed by atoms with Crippen molar-refractivity contribution in [2.75, 3.05) is 5.32 Å². The molecule has 0 aromatic heterocycles. The summed E-state index contributed by atoms with van der Waals surface area (Å²) < 4.78 is 52.6. The third-order valence-electron chi connectivity index (χ3n) is 4.59. The first-order valence-electron chi connectivity index (χ1n) is 9.76. The number of benzene rings is 2. The molecule has 0 spiro atoms. The number of alkyl halides is 2. The molecule has 0 saturated carbocycles. The molecule has 0 unspecified atom stereocenters. The smallest absolute Gasteiger partial charge is 0.415 e. The molecule has 0 fully saturated rings. The van der Waals surface area contributed by atoms with E-state index < -0.39 is 41.1 Å². The van der Waals surface area contributed by atoms with Gasteiger partial charge in [0.2, 0.25) is 0 Å². The zero-order valence-electron chi connectivity index (χ0n) is 17.9. The number of carbonyl (C=O) groups is 3. The Morgan fingerprint density at radius 2 is 1.91 bits per heavy atom. The summed E-state index contributed by atoms with van der Waals surface area (Å²) in [5.41, 5.74) is -1.35. The van der Waals surface area contributed by atoms with Crippen LogP contribution in [0, 0.1) is 5.82 Å². The van der Waals surface area contributed by atoms with Crippen molar-refractivity contribution in [2.24, 2.45) is 0 Å². The third-order valence-corrected chi connectivity index (χ3v) is 4.59. The molecule has 2 N–H and O–H groups in total. The van der Waals surface area contributed by atoms with Gasteiger partial charge in [-0.2, -0.15) is 8.78 Å². The fourth-order valence-electron chi connectivity index (χ4n) is 3.07. The fraction of sp³-hybridized carbons (Fsp3) is 0.318. The lowest BCUT2D eigenvalue weighted by Crippen LogP contribution is -2.37. The molecule has 2 aromatic rings. The Labute approximate surface area is 186 Å². The van der Waals surface area contributed by atoms with Crippen molar-refractivity contribution in [3.05, 3.63) is 58.9 Å². The molecule has 2 aromatic carbocycles. The van der Waals surface area contributed by atoms with Gasteiger partial charge in [-0.25, -0.2) is 18.8 Å². The maximum absolute atomic E-state index is 14.9. The summed E-state index contributed by atoms with van der Waals surface area (Å²) in [6.45, 7) is 4.65. The number of rotatable bonds is 5. The van der Waals surface area contributed by atoms with E-state index in [0.717, 1.165) is 17.0 Å². The first-order valence-corrected chi connectivity index (χ1v) is 9.76. The highest BCUT2D eigenvalue weighted by molar-refractivity contribution is 5.85. The van der Waals surface area contributed by atoms with Gasteiger partial charge in [-0.1, -0.05) is 24.3 Å². The number of amides is 2. The minimum absolute atomic E-state index is 0.0676. The van der Waals surface area contributed by atoms with Crippen LogP contribution in [0.4, 0.5) is 28.4 Å². The maximum atomic E-state index is 14.9. The number of aliphatic carboxylic acids is 1. The van der Waals surface area contributed by atoms with Crippen LogP contribution in [-0.4, -0.2) is 33.8 Å². The quantitative estimate of drug-likeness (QED) is 0.652. The van der Waals surface area contributed by atoms with Gasteiger partial charge >= 0.3 is 24.1 Å². The molecule has 0 radical (unpaired) electrons. The van der Waals surface area contributed by atoms with Gasteiger partial charge in [0, 0.05) is 16.7 Å². The molecular formula is C22H21F3N2O6. The number of nitrogens with zero attached hydrogens (tertiary/aromatic N) is 1. The van der Waals surface area contributed by atoms with Crippen molar-refractivity contribution in [3.8, 4) is 5.75 Å². The second-order valence-corrected chi connectivity index (χ2v) is 8.33. The van der Waals surface area contributed by atoms with Crippen LogP contribution in [0.2, 0.25) is 0 Å². The summed E-state index contributed by atoms with van der Waals surface area (Å²) in [5.74, 6) is -7.46. The van der Waals surface area contributed by atoms with E-state index >= 15 is 0 Å². The highest BCUT2D eigenvalue weighted by Gasteiger charge is 2.42. The van der Waals surface area contributed by atoms with Crippen LogP contribution in [-0.2, 0) is 28.5 Å². The molecule has 0 bridgehead atoms. The van der Waals surface area contributed by atoms with Crippen LogP contribution in [0.25, 0.3) is 0 Å². The van der Waals surface area contributed by atoms with Crippen molar-refractivity contribution in [1.29, 1.82) is 0 Å². The predicted molar refractivity (Wildman–Crippen MR) is 109 cm³/mol. The van der Waals surface area contributed by atoms with Crippen LogP contribution >= 0.6 is 0 Å². The summed E-state index contributed by atoms with van der Waals surface area (Å²) in [4.78, 5) is 36.2. The number of hydrogen-bond donors (Lipinski definition) is 2. The topological polar surface area (TPSA) is 105 Å². The molecule has 1 aliphatic heterocycles. The zero-order chi connectivity index (χ0) is 24.6. The number of fused-ring (bicyclic) bond motifs is 1. The third kappa shape index (κ3) is 5.36. The molecule has 1 heterocycles. The second-order valence-electron chi connectivity index (χ2n) is 8.33. The molecule has 176 valence electrons. The fourth-order valence-corrected chi connectivity index (χ4v) is 3.07. The minimum Gasteiger partial charge on any atom is -0.477 e. The van der Waals surface area contributed by atoms with Crippen molar-refractivity contribution in [1.82, 2.24) is 4.90 Å². The summed E-state index contributed by atoms with van der Waals surface area (Å²) in [6.07, 6.45) is -1.78. The van der Waals surface area contributed by atoms with E-state index in [1.165, 1.54) is 24.3 Å². The number of nitrogens with one attached hydrogen (secondary N) is 1. The van der Waals surface area contributed by atoms with Crippen LogP contribution in [0.15, 0.2) is 36.4 Å². The molecule has 0 atom stereocenters.